The van der Waals surface area contributed by atoms with Crippen LogP contribution in [0.4, 0.5) is 5.69 Å². The van der Waals surface area contributed by atoms with E-state index < -0.39 is 0 Å². The lowest BCUT2D eigenvalue weighted by molar-refractivity contribution is -0.118. The van der Waals surface area contributed by atoms with Crippen molar-refractivity contribution in [3.8, 4) is 22.9 Å². The molecule has 2 N–H and O–H groups in total. The first kappa shape index (κ1) is 20.4. The van der Waals surface area contributed by atoms with Gasteiger partial charge in [-0.1, -0.05) is 35.9 Å². The lowest BCUT2D eigenvalue weighted by atomic mass is 10.1. The van der Waals surface area contributed by atoms with E-state index in [0.717, 1.165) is 0 Å². The topological polar surface area (TPSA) is 93.3 Å². The predicted octanol–water partition coefficient (Wildman–Crippen LogP) is 4.27. The Hall–Kier alpha value is -3.84. The molecule has 3 aromatic carbocycles. The Morgan fingerprint density at radius 3 is 2.65 bits per heavy atom. The molecule has 0 unspecified atom stereocenters. The fourth-order valence-corrected chi connectivity index (χ4v) is 3.23. The second-order valence-electron chi connectivity index (χ2n) is 6.61. The average Bonchev–Trinajstić information content (AvgIpc) is 2.79. The summed E-state index contributed by atoms with van der Waals surface area (Å²) in [5.41, 5.74) is 1.52. The van der Waals surface area contributed by atoms with Crippen LogP contribution >= 0.6 is 11.6 Å². The van der Waals surface area contributed by atoms with Gasteiger partial charge in [-0.2, -0.15) is 0 Å². The summed E-state index contributed by atoms with van der Waals surface area (Å²) in [6, 6.07) is 19.1. The highest BCUT2D eigenvalue weighted by molar-refractivity contribution is 6.33. The molecule has 1 heterocycles. The molecule has 0 aliphatic heterocycles. The van der Waals surface area contributed by atoms with Gasteiger partial charge in [-0.15, -0.1) is 0 Å². The van der Waals surface area contributed by atoms with Gasteiger partial charge in [-0.05, 0) is 42.5 Å². The van der Waals surface area contributed by atoms with E-state index >= 15 is 0 Å². The number of amides is 1. The number of para-hydroxylation sites is 2. The summed E-state index contributed by atoms with van der Waals surface area (Å²) in [6.45, 7) is -0.230. The highest BCUT2D eigenvalue weighted by atomic mass is 35.5. The highest BCUT2D eigenvalue weighted by Gasteiger charge is 2.12. The Kier molecular flexibility index (Phi) is 5.86. The van der Waals surface area contributed by atoms with Crippen molar-refractivity contribution in [3.05, 3.63) is 82.1 Å². The predicted molar refractivity (Wildman–Crippen MR) is 120 cm³/mol. The monoisotopic (exact) mass is 435 g/mol. The largest absolute Gasteiger partial charge is 0.493 e. The molecule has 0 fully saturated rings. The number of methoxy groups -OCH3 is 1. The van der Waals surface area contributed by atoms with Gasteiger partial charge in [0.1, 0.15) is 5.82 Å². The summed E-state index contributed by atoms with van der Waals surface area (Å²) in [4.78, 5) is 31.8. The van der Waals surface area contributed by atoms with Gasteiger partial charge in [0.2, 0.25) is 0 Å². The Bertz CT molecular complexity index is 1320. The van der Waals surface area contributed by atoms with Gasteiger partial charge in [-0.3, -0.25) is 9.59 Å². The molecule has 4 rings (SSSR count). The normalized spacial score (nSPS) is 10.6. The van der Waals surface area contributed by atoms with Crippen molar-refractivity contribution in [2.24, 2.45) is 0 Å². The average molecular weight is 436 g/mol. The van der Waals surface area contributed by atoms with Gasteiger partial charge < -0.3 is 19.8 Å². The minimum Gasteiger partial charge on any atom is -0.493 e. The zero-order chi connectivity index (χ0) is 21.8. The zero-order valence-electron chi connectivity index (χ0n) is 16.5. The van der Waals surface area contributed by atoms with Gasteiger partial charge in [0.15, 0.2) is 18.1 Å². The number of aromatic nitrogens is 2. The number of carbonyl (C=O) groups is 1. The van der Waals surface area contributed by atoms with Gasteiger partial charge in [-0.25, -0.2) is 4.98 Å². The number of aromatic amines is 1. The molecular weight excluding hydrogens is 418 g/mol. The molecule has 1 aromatic heterocycles. The van der Waals surface area contributed by atoms with Gasteiger partial charge in [0.05, 0.1) is 28.7 Å². The van der Waals surface area contributed by atoms with E-state index in [1.807, 2.05) is 6.07 Å². The first-order valence-corrected chi connectivity index (χ1v) is 9.77. The van der Waals surface area contributed by atoms with Crippen molar-refractivity contribution in [1.29, 1.82) is 0 Å². The smallest absolute Gasteiger partial charge is 0.262 e. The van der Waals surface area contributed by atoms with Crippen LogP contribution in [0.25, 0.3) is 22.3 Å². The van der Waals surface area contributed by atoms with Crippen molar-refractivity contribution in [3.63, 3.8) is 0 Å². The summed E-state index contributed by atoms with van der Waals surface area (Å²) >= 11 is 6.05. The SMILES string of the molecule is COc1cc(-c2nc3ccccc3c(=O)[nH]2)ccc1OCC(=O)Nc1ccccc1Cl. The number of hydrogen-bond acceptors (Lipinski definition) is 5. The Morgan fingerprint density at radius 1 is 1.06 bits per heavy atom. The molecule has 1 amide bonds. The molecule has 0 saturated carbocycles. The van der Waals surface area contributed by atoms with Crippen molar-refractivity contribution in [2.75, 3.05) is 19.0 Å². The number of carbonyl (C=O) groups excluding carboxylic acids is 1. The second-order valence-corrected chi connectivity index (χ2v) is 7.02. The second kappa shape index (κ2) is 8.89. The molecule has 0 atom stereocenters. The van der Waals surface area contributed by atoms with Crippen molar-refractivity contribution < 1.29 is 14.3 Å². The Balaban J connectivity index is 1.53. The summed E-state index contributed by atoms with van der Waals surface area (Å²) < 4.78 is 11.0. The molecule has 156 valence electrons. The summed E-state index contributed by atoms with van der Waals surface area (Å²) in [5, 5.41) is 3.65. The maximum Gasteiger partial charge on any atom is 0.262 e. The first-order chi connectivity index (χ1) is 15.0. The van der Waals surface area contributed by atoms with E-state index in [0.29, 0.717) is 44.5 Å². The van der Waals surface area contributed by atoms with Crippen molar-refractivity contribution in [2.45, 2.75) is 0 Å². The van der Waals surface area contributed by atoms with E-state index in [1.165, 1.54) is 7.11 Å². The van der Waals surface area contributed by atoms with Crippen molar-refractivity contribution >= 4 is 34.1 Å². The molecule has 4 aromatic rings. The summed E-state index contributed by atoms with van der Waals surface area (Å²) in [6.07, 6.45) is 0. The standard InChI is InChI=1S/C23H18ClN3O4/c1-30-20-12-14(22-26-17-8-4-2-6-15(17)23(29)27-22)10-11-19(20)31-13-21(28)25-18-9-5-3-7-16(18)24/h2-12H,13H2,1H3,(H,25,28)(H,26,27,29). The maximum absolute atomic E-state index is 12.3. The zero-order valence-corrected chi connectivity index (χ0v) is 17.3. The molecular formula is C23H18ClN3O4. The molecule has 0 spiro atoms. The number of nitrogens with one attached hydrogen (secondary N) is 2. The highest BCUT2D eigenvalue weighted by Crippen LogP contribution is 2.31. The number of H-pyrrole nitrogens is 1. The van der Waals surface area contributed by atoms with E-state index in [2.05, 4.69) is 15.3 Å². The van der Waals surface area contributed by atoms with Crippen LogP contribution in [-0.2, 0) is 4.79 Å². The van der Waals surface area contributed by atoms with E-state index in [4.69, 9.17) is 21.1 Å². The Morgan fingerprint density at radius 2 is 1.84 bits per heavy atom. The lowest BCUT2D eigenvalue weighted by Crippen LogP contribution is -2.20. The van der Waals surface area contributed by atoms with Crippen LogP contribution in [0, 0.1) is 0 Å². The molecule has 7 nitrogen and oxygen atoms in total. The van der Waals surface area contributed by atoms with Crippen LogP contribution in [0.2, 0.25) is 5.02 Å². The maximum atomic E-state index is 12.3. The number of fused-ring (bicyclic) bond motifs is 1. The molecule has 0 bridgehead atoms. The summed E-state index contributed by atoms with van der Waals surface area (Å²) in [7, 11) is 1.49. The number of halogens is 1. The van der Waals surface area contributed by atoms with Crippen LogP contribution < -0.4 is 20.3 Å². The van der Waals surface area contributed by atoms with Crippen LogP contribution in [-0.4, -0.2) is 29.6 Å². The Labute approximate surface area is 182 Å². The molecule has 0 radical (unpaired) electrons. The minimum absolute atomic E-state index is 0.226. The third kappa shape index (κ3) is 4.51. The van der Waals surface area contributed by atoms with E-state index in [1.54, 1.807) is 60.7 Å². The van der Waals surface area contributed by atoms with E-state index in [9.17, 15) is 9.59 Å². The van der Waals surface area contributed by atoms with Crippen LogP contribution in [0.3, 0.4) is 0 Å². The third-order valence-corrected chi connectivity index (χ3v) is 4.89. The van der Waals surface area contributed by atoms with Gasteiger partial charge in [0.25, 0.3) is 11.5 Å². The first-order valence-electron chi connectivity index (χ1n) is 9.40. The molecule has 31 heavy (non-hydrogen) atoms. The minimum atomic E-state index is -0.361. The number of benzene rings is 3. The molecule has 0 saturated heterocycles. The number of nitrogens with zero attached hydrogens (tertiary/aromatic N) is 1. The van der Waals surface area contributed by atoms with Gasteiger partial charge in [0, 0.05) is 5.56 Å². The fourth-order valence-electron chi connectivity index (χ4n) is 3.05. The van der Waals surface area contributed by atoms with Crippen LogP contribution in [0.1, 0.15) is 0 Å². The third-order valence-electron chi connectivity index (χ3n) is 4.56. The number of rotatable bonds is 6. The lowest BCUT2D eigenvalue weighted by Gasteiger charge is -2.13. The van der Waals surface area contributed by atoms with Crippen LogP contribution in [0.15, 0.2) is 71.5 Å². The van der Waals surface area contributed by atoms with Gasteiger partial charge >= 0.3 is 0 Å². The molecule has 8 heteroatoms. The van der Waals surface area contributed by atoms with Crippen LogP contribution in [0.5, 0.6) is 11.5 Å². The number of ether oxygens (including phenoxy) is 2. The molecule has 0 aliphatic carbocycles. The summed E-state index contributed by atoms with van der Waals surface area (Å²) in [5.74, 6) is 0.826. The fraction of sp³-hybridized carbons (Fsp3) is 0.0870. The number of hydrogen-bond donors (Lipinski definition) is 2. The van der Waals surface area contributed by atoms with Crippen molar-refractivity contribution in [1.82, 2.24) is 9.97 Å². The quantitative estimate of drug-likeness (QED) is 0.471. The van der Waals surface area contributed by atoms with E-state index in [-0.39, 0.29) is 18.1 Å². The molecule has 0 aliphatic rings. The number of anilines is 1.